The Labute approximate surface area is 381 Å². The molecular formula is C62H40N2O. The first-order valence-corrected chi connectivity index (χ1v) is 21.9. The van der Waals surface area contributed by atoms with E-state index in [9.17, 15) is 5.48 Å². The van der Waals surface area contributed by atoms with E-state index in [-0.39, 0.29) is 35.4 Å². The van der Waals surface area contributed by atoms with E-state index in [1.165, 1.54) is 16.3 Å². The molecule has 13 rings (SSSR count). The minimum absolute atomic E-state index is 0.127. The number of aromatic nitrogens is 1. The molecule has 0 radical (unpaired) electrons. The molecule has 65 heavy (non-hydrogen) atoms. The van der Waals surface area contributed by atoms with E-state index in [0.717, 1.165) is 71.3 Å². The van der Waals surface area contributed by atoms with Gasteiger partial charge in [-0.05, 0) is 116 Å². The predicted molar refractivity (Wildman–Crippen MR) is 274 cm³/mol. The van der Waals surface area contributed by atoms with Gasteiger partial charge in [-0.1, -0.05) is 176 Å². The van der Waals surface area contributed by atoms with Crippen molar-refractivity contribution in [1.82, 2.24) is 4.57 Å². The zero-order valence-electron chi connectivity index (χ0n) is 39.1. The average molecular weight is 833 g/mol. The van der Waals surface area contributed by atoms with Crippen molar-refractivity contribution in [2.75, 3.05) is 4.90 Å². The van der Waals surface area contributed by atoms with Crippen LogP contribution in [0.5, 0.6) is 0 Å². The van der Waals surface area contributed by atoms with Crippen LogP contribution in [-0.2, 0) is 0 Å². The summed E-state index contributed by atoms with van der Waals surface area (Å²) in [5.41, 5.74) is 11.0. The van der Waals surface area contributed by atoms with Crippen LogP contribution in [0.15, 0.2) is 247 Å². The molecule has 304 valence electrons. The molecule has 0 unspecified atom stereocenters. The number of furan rings is 1. The topological polar surface area (TPSA) is 21.3 Å². The van der Waals surface area contributed by atoms with Gasteiger partial charge < -0.3 is 13.9 Å². The molecule has 0 N–H and O–H groups in total. The van der Waals surface area contributed by atoms with Crippen molar-refractivity contribution in [3.05, 3.63) is 243 Å². The summed E-state index contributed by atoms with van der Waals surface area (Å²) in [7, 11) is 0. The largest absolute Gasteiger partial charge is 0.455 e. The van der Waals surface area contributed by atoms with E-state index in [2.05, 4.69) is 138 Å². The number of para-hydroxylation sites is 2. The Hall–Kier alpha value is -8.66. The van der Waals surface area contributed by atoms with Crippen LogP contribution >= 0.6 is 0 Å². The van der Waals surface area contributed by atoms with Crippen LogP contribution in [0.2, 0.25) is 0 Å². The highest BCUT2D eigenvalue weighted by molar-refractivity contribution is 6.20. The molecule has 0 saturated heterocycles. The molecule has 2 heterocycles. The molecule has 0 saturated carbocycles. The Bertz CT molecular complexity index is 4140. The third-order valence-corrected chi connectivity index (χ3v) is 12.9. The van der Waals surface area contributed by atoms with Crippen LogP contribution in [0, 0.1) is 0 Å². The predicted octanol–water partition coefficient (Wildman–Crippen LogP) is 17.5. The van der Waals surface area contributed by atoms with E-state index in [4.69, 9.17) is 4.42 Å². The van der Waals surface area contributed by atoms with Crippen molar-refractivity contribution in [2.24, 2.45) is 0 Å². The summed E-state index contributed by atoms with van der Waals surface area (Å²) in [6.45, 7) is 0. The molecule has 0 aliphatic rings. The monoisotopic (exact) mass is 832 g/mol. The summed E-state index contributed by atoms with van der Waals surface area (Å²) >= 11 is 0. The molecule has 13 aromatic rings. The van der Waals surface area contributed by atoms with E-state index < -0.39 is 0 Å². The van der Waals surface area contributed by atoms with Gasteiger partial charge in [0, 0.05) is 38.6 Å². The zero-order valence-corrected chi connectivity index (χ0v) is 35.1. The first-order chi connectivity index (χ1) is 33.9. The van der Waals surface area contributed by atoms with Gasteiger partial charge in [-0.25, -0.2) is 0 Å². The molecule has 0 atom stereocenters. The number of rotatable bonds is 7. The summed E-state index contributed by atoms with van der Waals surface area (Å²) in [6, 6.07) is 73.4. The number of nitrogens with zero attached hydrogens (tertiary/aromatic N) is 2. The fourth-order valence-electron chi connectivity index (χ4n) is 9.87. The molecule has 11 aromatic carbocycles. The van der Waals surface area contributed by atoms with Gasteiger partial charge in [0.15, 0.2) is 0 Å². The highest BCUT2D eigenvalue weighted by atomic mass is 16.3. The third kappa shape index (κ3) is 6.05. The summed E-state index contributed by atoms with van der Waals surface area (Å²) in [4.78, 5) is 1.88. The lowest BCUT2D eigenvalue weighted by atomic mass is 9.96. The lowest BCUT2D eigenvalue weighted by Crippen LogP contribution is -2.10. The Kier molecular flexibility index (Phi) is 7.61. The maximum atomic E-state index is 9.96. The molecule has 0 bridgehead atoms. The summed E-state index contributed by atoms with van der Waals surface area (Å²) < 4.78 is 48.5. The van der Waals surface area contributed by atoms with Gasteiger partial charge in [-0.15, -0.1) is 0 Å². The van der Waals surface area contributed by atoms with Gasteiger partial charge >= 0.3 is 0 Å². The SMILES string of the molecule is [2H]c1c([2H])c(N(c2ccc(-c3ccc(-c4cccc5ccccc45)cc3)cc2)c2cccc3oc4c5ccccc5ccc4c23)c([2H])c([2H])c1-c1cccc2c1c1ccccc1n2-c1ccccc1. The maximum absolute atomic E-state index is 9.96. The van der Waals surface area contributed by atoms with Crippen molar-refractivity contribution >= 4 is 82.4 Å². The molecule has 0 aliphatic carbocycles. The summed E-state index contributed by atoms with van der Waals surface area (Å²) in [5, 5.41) is 7.98. The number of benzene rings is 11. The van der Waals surface area contributed by atoms with Gasteiger partial charge in [-0.3, -0.25) is 0 Å². The van der Waals surface area contributed by atoms with Crippen LogP contribution in [-0.4, -0.2) is 4.57 Å². The lowest BCUT2D eigenvalue weighted by Gasteiger charge is -2.26. The van der Waals surface area contributed by atoms with Gasteiger partial charge in [0.1, 0.15) is 11.2 Å². The van der Waals surface area contributed by atoms with Crippen molar-refractivity contribution in [1.29, 1.82) is 0 Å². The Morgan fingerprint density at radius 2 is 0.969 bits per heavy atom. The quantitative estimate of drug-likeness (QED) is 0.160. The molecular weight excluding hydrogens is 789 g/mol. The molecule has 0 spiro atoms. The van der Waals surface area contributed by atoms with Crippen LogP contribution in [0.3, 0.4) is 0 Å². The Balaban J connectivity index is 0.998. The zero-order chi connectivity index (χ0) is 46.3. The van der Waals surface area contributed by atoms with Crippen LogP contribution in [0.25, 0.3) is 104 Å². The van der Waals surface area contributed by atoms with Gasteiger partial charge in [0.2, 0.25) is 0 Å². The highest BCUT2D eigenvalue weighted by Crippen LogP contribution is 2.46. The molecule has 0 fully saturated rings. The van der Waals surface area contributed by atoms with Gasteiger partial charge in [0.05, 0.1) is 27.6 Å². The second-order valence-corrected chi connectivity index (χ2v) is 16.5. The standard InChI is InChI=1S/C62H40N2O/c1-2-16-47(17-3-1)64-56-23-9-8-20-54(56)60-52(22-11-24-57(60)64)46-33-38-49(39-34-46)63(58-25-12-26-59-61(58)55-40-35-44-14-5-7-19-53(44)62(55)65-59)48-36-31-42(32-37-48)41-27-29-45(30-28-41)51-21-10-15-43-13-4-6-18-50(43)51/h1-40H/i33D,34D,38D,39D. The van der Waals surface area contributed by atoms with Crippen molar-refractivity contribution in [3.63, 3.8) is 0 Å². The molecule has 0 aliphatic heterocycles. The summed E-state index contributed by atoms with van der Waals surface area (Å²) in [5.74, 6) is 0. The molecule has 2 aromatic heterocycles. The number of anilines is 3. The fourth-order valence-corrected chi connectivity index (χ4v) is 9.87. The Morgan fingerprint density at radius 1 is 0.369 bits per heavy atom. The maximum Gasteiger partial charge on any atom is 0.143 e. The van der Waals surface area contributed by atoms with E-state index in [1.54, 1.807) is 0 Å². The highest BCUT2D eigenvalue weighted by Gasteiger charge is 2.22. The Morgan fingerprint density at radius 3 is 1.77 bits per heavy atom. The van der Waals surface area contributed by atoms with Crippen LogP contribution in [0.4, 0.5) is 17.1 Å². The number of hydrogen-bond donors (Lipinski definition) is 0. The van der Waals surface area contributed by atoms with E-state index in [1.807, 2.05) is 89.8 Å². The van der Waals surface area contributed by atoms with Gasteiger partial charge in [-0.2, -0.15) is 0 Å². The minimum atomic E-state index is -0.154. The normalized spacial score (nSPS) is 12.6. The second-order valence-electron chi connectivity index (χ2n) is 16.5. The molecule has 3 heteroatoms. The summed E-state index contributed by atoms with van der Waals surface area (Å²) in [6.07, 6.45) is 0. The number of hydrogen-bond acceptors (Lipinski definition) is 2. The van der Waals surface area contributed by atoms with Crippen molar-refractivity contribution < 1.29 is 9.90 Å². The molecule has 3 nitrogen and oxygen atoms in total. The minimum Gasteiger partial charge on any atom is -0.455 e. The van der Waals surface area contributed by atoms with Crippen LogP contribution < -0.4 is 4.90 Å². The van der Waals surface area contributed by atoms with Crippen LogP contribution in [0.1, 0.15) is 5.48 Å². The van der Waals surface area contributed by atoms with E-state index in [0.29, 0.717) is 22.5 Å². The van der Waals surface area contributed by atoms with Crippen molar-refractivity contribution in [3.8, 4) is 39.1 Å². The first kappa shape index (κ1) is 33.0. The smallest absolute Gasteiger partial charge is 0.143 e. The fraction of sp³-hybridized carbons (Fsp3) is 0. The lowest BCUT2D eigenvalue weighted by molar-refractivity contribution is 0.672. The van der Waals surface area contributed by atoms with Crippen molar-refractivity contribution in [2.45, 2.75) is 0 Å². The van der Waals surface area contributed by atoms with E-state index >= 15 is 0 Å². The van der Waals surface area contributed by atoms with Gasteiger partial charge in [0.25, 0.3) is 0 Å². The number of fused-ring (bicyclic) bond motifs is 9. The average Bonchev–Trinajstić information content (AvgIpc) is 3.97. The third-order valence-electron chi connectivity index (χ3n) is 12.9. The first-order valence-electron chi connectivity index (χ1n) is 23.9. The second kappa shape index (κ2) is 15.0. The molecule has 0 amide bonds.